The highest BCUT2D eigenvalue weighted by atomic mass is 32.2. The van der Waals surface area contributed by atoms with E-state index in [1.54, 1.807) is 0 Å². The van der Waals surface area contributed by atoms with E-state index in [1.165, 1.54) is 12.8 Å². The van der Waals surface area contributed by atoms with Crippen LogP contribution in [-0.2, 0) is 6.42 Å². The van der Waals surface area contributed by atoms with Gasteiger partial charge in [0.1, 0.15) is 11.6 Å². The fourth-order valence-electron chi connectivity index (χ4n) is 1.80. The molecule has 0 amide bonds. The highest BCUT2D eigenvalue weighted by Crippen LogP contribution is 2.38. The molecule has 1 aromatic heterocycles. The quantitative estimate of drug-likeness (QED) is 0.828. The third-order valence-electron chi connectivity index (χ3n) is 2.66. The summed E-state index contributed by atoms with van der Waals surface area (Å²) < 4.78 is 2.20. The maximum Gasteiger partial charge on any atom is 0.127 e. The number of nitrogens with zero attached hydrogens (tertiary/aromatic N) is 2. The lowest BCUT2D eigenvalue weighted by Gasteiger charge is -2.04. The van der Waals surface area contributed by atoms with Gasteiger partial charge in [-0.15, -0.1) is 0 Å². The summed E-state index contributed by atoms with van der Waals surface area (Å²) in [5, 5.41) is 0. The Bertz CT molecular complexity index is 328. The first-order chi connectivity index (χ1) is 6.74. The van der Waals surface area contributed by atoms with Gasteiger partial charge < -0.3 is 10.3 Å². The van der Waals surface area contributed by atoms with Gasteiger partial charge in [0.15, 0.2) is 0 Å². The number of nitrogen functional groups attached to an aromatic ring is 1. The number of hydrogen-bond acceptors (Lipinski definition) is 3. The Balaban J connectivity index is 2.20. The Labute approximate surface area is 89.1 Å². The van der Waals surface area contributed by atoms with Crippen LogP contribution in [0.25, 0.3) is 0 Å². The third-order valence-corrected chi connectivity index (χ3v) is 3.27. The van der Waals surface area contributed by atoms with Gasteiger partial charge >= 0.3 is 0 Å². The predicted octanol–water partition coefficient (Wildman–Crippen LogP) is 2.01. The lowest BCUT2D eigenvalue weighted by atomic mass is 10.3. The van der Waals surface area contributed by atoms with Crippen molar-refractivity contribution >= 4 is 17.6 Å². The van der Waals surface area contributed by atoms with E-state index < -0.39 is 0 Å². The maximum atomic E-state index is 6.08. The smallest absolute Gasteiger partial charge is 0.127 e. The molecule has 2 rings (SSSR count). The van der Waals surface area contributed by atoms with Crippen LogP contribution in [-0.4, -0.2) is 21.6 Å². The summed E-state index contributed by atoms with van der Waals surface area (Å²) in [6, 6.07) is 0.644. The number of hydrogen-bond donors (Lipinski definition) is 1. The van der Waals surface area contributed by atoms with Crippen LogP contribution in [0.4, 0.5) is 5.82 Å². The predicted molar refractivity (Wildman–Crippen MR) is 61.7 cm³/mol. The van der Waals surface area contributed by atoms with Crippen molar-refractivity contribution in [2.75, 3.05) is 17.7 Å². The van der Waals surface area contributed by atoms with Gasteiger partial charge in [-0.1, -0.05) is 0 Å². The molecule has 0 radical (unpaired) electrons. The summed E-state index contributed by atoms with van der Waals surface area (Å²) in [7, 11) is 0. The minimum absolute atomic E-state index is 0.644. The van der Waals surface area contributed by atoms with E-state index in [-0.39, 0.29) is 0 Å². The minimum atomic E-state index is 0.644. The average molecular weight is 211 g/mol. The third kappa shape index (κ3) is 1.75. The normalized spacial score (nSPS) is 16.1. The van der Waals surface area contributed by atoms with E-state index in [0.29, 0.717) is 6.04 Å². The molecule has 1 fully saturated rings. The molecular weight excluding hydrogens is 194 g/mol. The van der Waals surface area contributed by atoms with Gasteiger partial charge in [0.05, 0.1) is 5.69 Å². The highest BCUT2D eigenvalue weighted by Gasteiger charge is 2.28. The lowest BCUT2D eigenvalue weighted by molar-refractivity contribution is 0.720. The number of aromatic nitrogens is 2. The van der Waals surface area contributed by atoms with Crippen LogP contribution in [0.2, 0.25) is 0 Å². The van der Waals surface area contributed by atoms with Crippen molar-refractivity contribution in [1.29, 1.82) is 0 Å². The zero-order valence-electron chi connectivity index (χ0n) is 8.79. The average Bonchev–Trinajstić information content (AvgIpc) is 2.92. The topological polar surface area (TPSA) is 43.8 Å². The number of nitrogens with two attached hydrogens (primary N) is 1. The highest BCUT2D eigenvalue weighted by molar-refractivity contribution is 7.98. The molecular formula is C10H17N3S. The van der Waals surface area contributed by atoms with Crippen LogP contribution < -0.4 is 5.73 Å². The first-order valence-corrected chi connectivity index (χ1v) is 6.45. The second kappa shape index (κ2) is 3.85. The summed E-state index contributed by atoms with van der Waals surface area (Å²) in [5.74, 6) is 3.09. The van der Waals surface area contributed by atoms with E-state index in [4.69, 9.17) is 5.73 Å². The fraction of sp³-hybridized carbons (Fsp3) is 0.700. The van der Waals surface area contributed by atoms with E-state index in [9.17, 15) is 0 Å². The zero-order valence-corrected chi connectivity index (χ0v) is 9.60. The van der Waals surface area contributed by atoms with Gasteiger partial charge in [0.25, 0.3) is 0 Å². The number of anilines is 1. The minimum Gasteiger partial charge on any atom is -0.384 e. The van der Waals surface area contributed by atoms with Crippen molar-refractivity contribution in [2.45, 2.75) is 32.2 Å². The van der Waals surface area contributed by atoms with Crippen LogP contribution in [0.1, 0.15) is 30.4 Å². The van der Waals surface area contributed by atoms with Crippen molar-refractivity contribution in [3.8, 4) is 0 Å². The largest absolute Gasteiger partial charge is 0.384 e. The molecule has 0 atom stereocenters. The monoisotopic (exact) mass is 211 g/mol. The Morgan fingerprint density at radius 1 is 1.57 bits per heavy atom. The molecule has 3 nitrogen and oxygen atoms in total. The molecule has 0 aliphatic heterocycles. The molecule has 14 heavy (non-hydrogen) atoms. The first-order valence-electron chi connectivity index (χ1n) is 5.06. The Morgan fingerprint density at radius 2 is 2.29 bits per heavy atom. The summed E-state index contributed by atoms with van der Waals surface area (Å²) in [6.07, 6.45) is 5.64. The van der Waals surface area contributed by atoms with Crippen molar-refractivity contribution in [3.63, 3.8) is 0 Å². The number of imidazole rings is 1. The molecule has 1 aliphatic rings. The molecule has 0 saturated heterocycles. The molecule has 0 spiro atoms. The van der Waals surface area contributed by atoms with Crippen LogP contribution in [0.15, 0.2) is 0 Å². The van der Waals surface area contributed by atoms with Gasteiger partial charge in [0, 0.05) is 12.5 Å². The van der Waals surface area contributed by atoms with Crippen molar-refractivity contribution in [1.82, 2.24) is 9.55 Å². The summed E-state index contributed by atoms with van der Waals surface area (Å²) in [5.41, 5.74) is 7.16. The molecule has 0 unspecified atom stereocenters. The molecule has 1 heterocycles. The van der Waals surface area contributed by atoms with Crippen LogP contribution >= 0.6 is 11.8 Å². The Morgan fingerprint density at radius 3 is 2.86 bits per heavy atom. The van der Waals surface area contributed by atoms with Crippen molar-refractivity contribution < 1.29 is 0 Å². The van der Waals surface area contributed by atoms with E-state index in [2.05, 4.69) is 22.7 Å². The Kier molecular flexibility index (Phi) is 2.72. The summed E-state index contributed by atoms with van der Waals surface area (Å²) >= 11 is 1.84. The standard InChI is InChI=1S/C10H17N3S/c1-7-12-9(5-6-14-2)10(11)13(7)8-3-4-8/h8H,3-6,11H2,1-2H3. The fourth-order valence-corrected chi connectivity index (χ4v) is 2.19. The molecule has 0 bridgehead atoms. The van der Waals surface area contributed by atoms with Gasteiger partial charge in [-0.05, 0) is 31.8 Å². The molecule has 2 N–H and O–H groups in total. The SMILES string of the molecule is CSCCc1nc(C)n(C2CC2)c1N. The van der Waals surface area contributed by atoms with Crippen molar-refractivity contribution in [2.24, 2.45) is 0 Å². The van der Waals surface area contributed by atoms with Gasteiger partial charge in [-0.3, -0.25) is 0 Å². The molecule has 1 aromatic rings. The molecule has 0 aromatic carbocycles. The Hall–Kier alpha value is -0.640. The number of thioether (sulfide) groups is 1. The van der Waals surface area contributed by atoms with E-state index in [1.807, 2.05) is 11.8 Å². The maximum absolute atomic E-state index is 6.08. The van der Waals surface area contributed by atoms with E-state index >= 15 is 0 Å². The molecule has 1 aliphatic carbocycles. The second-order valence-electron chi connectivity index (χ2n) is 3.83. The van der Waals surface area contributed by atoms with Crippen LogP contribution in [0, 0.1) is 6.92 Å². The summed E-state index contributed by atoms with van der Waals surface area (Å²) in [6.45, 7) is 2.05. The number of aryl methyl sites for hydroxylation is 2. The first kappa shape index (κ1) is 9.90. The van der Waals surface area contributed by atoms with E-state index in [0.717, 1.165) is 29.5 Å². The van der Waals surface area contributed by atoms with Crippen LogP contribution in [0.5, 0.6) is 0 Å². The van der Waals surface area contributed by atoms with Gasteiger partial charge in [-0.2, -0.15) is 11.8 Å². The number of rotatable bonds is 4. The van der Waals surface area contributed by atoms with Crippen LogP contribution in [0.3, 0.4) is 0 Å². The zero-order chi connectivity index (χ0) is 10.1. The van der Waals surface area contributed by atoms with Gasteiger partial charge in [0.2, 0.25) is 0 Å². The molecule has 1 saturated carbocycles. The summed E-state index contributed by atoms with van der Waals surface area (Å²) in [4.78, 5) is 4.53. The van der Waals surface area contributed by atoms with Gasteiger partial charge in [-0.25, -0.2) is 4.98 Å². The molecule has 4 heteroatoms. The second-order valence-corrected chi connectivity index (χ2v) is 4.82. The van der Waals surface area contributed by atoms with Crippen molar-refractivity contribution in [3.05, 3.63) is 11.5 Å². The molecule has 78 valence electrons. The lowest BCUT2D eigenvalue weighted by Crippen LogP contribution is -2.03.